The highest BCUT2D eigenvalue weighted by Gasteiger charge is 2.07. The van der Waals surface area contributed by atoms with Crippen LogP contribution in [0.1, 0.15) is 39.2 Å². The molecule has 1 rings (SSSR count). The molecule has 0 bridgehead atoms. The van der Waals surface area contributed by atoms with Crippen LogP contribution in [-0.4, -0.2) is 12.6 Å². The zero-order valence-electron chi connectivity index (χ0n) is 10.1. The van der Waals surface area contributed by atoms with Gasteiger partial charge < -0.3 is 5.32 Å². The van der Waals surface area contributed by atoms with Crippen molar-refractivity contribution in [2.45, 2.75) is 46.1 Å². The molecule has 1 atom stereocenters. The number of hydrogen-bond donors (Lipinski definition) is 1. The molecule has 0 aliphatic carbocycles. The summed E-state index contributed by atoms with van der Waals surface area (Å²) < 4.78 is 0. The quantitative estimate of drug-likeness (QED) is 0.746. The smallest absolute Gasteiger partial charge is 0.00104 e. The maximum Gasteiger partial charge on any atom is 0.00104 e. The fourth-order valence-corrected chi connectivity index (χ4v) is 2.36. The van der Waals surface area contributed by atoms with Crippen molar-refractivity contribution in [3.8, 4) is 0 Å². The van der Waals surface area contributed by atoms with Crippen LogP contribution in [-0.2, 0) is 6.42 Å². The minimum Gasteiger partial charge on any atom is -0.314 e. The molecular formula is C13H23NS. The Labute approximate surface area is 97.9 Å². The topological polar surface area (TPSA) is 12.0 Å². The fourth-order valence-electron chi connectivity index (χ4n) is 1.66. The molecule has 15 heavy (non-hydrogen) atoms. The Hall–Kier alpha value is -0.340. The predicted molar refractivity (Wildman–Crippen MR) is 69.6 cm³/mol. The highest BCUT2D eigenvalue weighted by Crippen LogP contribution is 2.14. The Kier molecular flexibility index (Phi) is 5.96. The van der Waals surface area contributed by atoms with E-state index in [0.717, 1.165) is 12.5 Å². The lowest BCUT2D eigenvalue weighted by Crippen LogP contribution is -2.28. The van der Waals surface area contributed by atoms with Crippen LogP contribution < -0.4 is 5.32 Å². The van der Waals surface area contributed by atoms with Crippen molar-refractivity contribution in [2.24, 2.45) is 5.92 Å². The van der Waals surface area contributed by atoms with Crippen LogP contribution in [0.5, 0.6) is 0 Å². The Morgan fingerprint density at radius 2 is 2.20 bits per heavy atom. The lowest BCUT2D eigenvalue weighted by atomic mass is 9.98. The minimum atomic E-state index is 0.611. The lowest BCUT2D eigenvalue weighted by Gasteiger charge is -2.17. The third-order valence-corrected chi connectivity index (χ3v) is 3.55. The molecule has 0 spiro atoms. The zero-order valence-corrected chi connectivity index (χ0v) is 10.9. The first-order valence-electron chi connectivity index (χ1n) is 5.96. The highest BCUT2D eigenvalue weighted by molar-refractivity contribution is 7.07. The molecule has 0 fully saturated rings. The molecule has 1 N–H and O–H groups in total. The van der Waals surface area contributed by atoms with Crippen molar-refractivity contribution in [1.82, 2.24) is 5.32 Å². The van der Waals surface area contributed by atoms with Crippen LogP contribution in [0.2, 0.25) is 0 Å². The molecule has 1 heterocycles. The number of rotatable bonds is 7. The molecule has 0 saturated carbocycles. The summed E-state index contributed by atoms with van der Waals surface area (Å²) in [5.41, 5.74) is 1.50. The Morgan fingerprint density at radius 3 is 2.73 bits per heavy atom. The fraction of sp³-hybridized carbons (Fsp3) is 0.692. The van der Waals surface area contributed by atoms with E-state index in [2.05, 4.69) is 42.9 Å². The van der Waals surface area contributed by atoms with E-state index in [9.17, 15) is 0 Å². The second-order valence-electron chi connectivity index (χ2n) is 4.51. The number of thiophene rings is 1. The second kappa shape index (κ2) is 7.02. The summed E-state index contributed by atoms with van der Waals surface area (Å²) >= 11 is 1.80. The van der Waals surface area contributed by atoms with Crippen LogP contribution >= 0.6 is 11.3 Å². The minimum absolute atomic E-state index is 0.611. The molecule has 1 aromatic heterocycles. The van der Waals surface area contributed by atoms with E-state index in [0.29, 0.717) is 6.04 Å². The van der Waals surface area contributed by atoms with Gasteiger partial charge in [0.15, 0.2) is 0 Å². The van der Waals surface area contributed by atoms with Gasteiger partial charge in [0.25, 0.3) is 0 Å². The van der Waals surface area contributed by atoms with Gasteiger partial charge in [-0.3, -0.25) is 0 Å². The molecule has 1 unspecified atom stereocenters. The van der Waals surface area contributed by atoms with Crippen LogP contribution in [0.25, 0.3) is 0 Å². The number of nitrogens with one attached hydrogen (secondary N) is 1. The molecule has 1 nitrogen and oxygen atoms in total. The van der Waals surface area contributed by atoms with E-state index in [1.54, 1.807) is 11.3 Å². The molecule has 0 aliphatic heterocycles. The van der Waals surface area contributed by atoms with Crippen LogP contribution in [0.3, 0.4) is 0 Å². The summed E-state index contributed by atoms with van der Waals surface area (Å²) in [6.07, 6.45) is 3.83. The van der Waals surface area contributed by atoms with Gasteiger partial charge in [-0.05, 0) is 47.7 Å². The van der Waals surface area contributed by atoms with Crippen molar-refractivity contribution < 1.29 is 0 Å². The third-order valence-electron chi connectivity index (χ3n) is 2.81. The van der Waals surface area contributed by atoms with Gasteiger partial charge in [-0.15, -0.1) is 0 Å². The Morgan fingerprint density at radius 1 is 1.40 bits per heavy atom. The second-order valence-corrected chi connectivity index (χ2v) is 5.29. The molecule has 0 aliphatic rings. The summed E-state index contributed by atoms with van der Waals surface area (Å²) in [6.45, 7) is 7.88. The maximum atomic E-state index is 3.53. The molecule has 0 saturated heterocycles. The van der Waals surface area contributed by atoms with Gasteiger partial charge in [-0.1, -0.05) is 27.2 Å². The van der Waals surface area contributed by atoms with Gasteiger partial charge in [0.05, 0.1) is 0 Å². The van der Waals surface area contributed by atoms with Gasteiger partial charge in [-0.2, -0.15) is 11.3 Å². The monoisotopic (exact) mass is 225 g/mol. The van der Waals surface area contributed by atoms with E-state index < -0.39 is 0 Å². The van der Waals surface area contributed by atoms with Gasteiger partial charge in [0.2, 0.25) is 0 Å². The van der Waals surface area contributed by atoms with Crippen molar-refractivity contribution in [2.75, 3.05) is 6.54 Å². The largest absolute Gasteiger partial charge is 0.314 e. The average Bonchev–Trinajstić information content (AvgIpc) is 2.70. The lowest BCUT2D eigenvalue weighted by molar-refractivity contribution is 0.414. The van der Waals surface area contributed by atoms with E-state index in [4.69, 9.17) is 0 Å². The standard InChI is InChI=1S/C13H23NS/c1-4-12(9-14-11(2)3)5-6-13-7-8-15-10-13/h7-8,10-12,14H,4-6,9H2,1-3H3. The first-order valence-corrected chi connectivity index (χ1v) is 6.91. The summed E-state index contributed by atoms with van der Waals surface area (Å²) in [7, 11) is 0. The highest BCUT2D eigenvalue weighted by atomic mass is 32.1. The normalized spacial score (nSPS) is 13.3. The molecule has 1 aromatic rings. The Balaban J connectivity index is 2.22. The SMILES string of the molecule is CCC(CCc1ccsc1)CNC(C)C. The van der Waals surface area contributed by atoms with Crippen molar-refractivity contribution >= 4 is 11.3 Å². The molecule has 0 aromatic carbocycles. The molecule has 86 valence electrons. The van der Waals surface area contributed by atoms with Gasteiger partial charge >= 0.3 is 0 Å². The molecule has 0 amide bonds. The van der Waals surface area contributed by atoms with E-state index >= 15 is 0 Å². The summed E-state index contributed by atoms with van der Waals surface area (Å²) in [5.74, 6) is 0.826. The van der Waals surface area contributed by atoms with Crippen molar-refractivity contribution in [3.05, 3.63) is 22.4 Å². The first-order chi connectivity index (χ1) is 7.22. The zero-order chi connectivity index (χ0) is 11.1. The maximum absolute atomic E-state index is 3.53. The summed E-state index contributed by atoms with van der Waals surface area (Å²) in [5, 5.41) is 7.96. The van der Waals surface area contributed by atoms with E-state index in [1.807, 2.05) is 0 Å². The third kappa shape index (κ3) is 5.33. The van der Waals surface area contributed by atoms with E-state index in [1.165, 1.54) is 24.8 Å². The van der Waals surface area contributed by atoms with Gasteiger partial charge in [0, 0.05) is 6.04 Å². The van der Waals surface area contributed by atoms with Gasteiger partial charge in [-0.25, -0.2) is 0 Å². The van der Waals surface area contributed by atoms with Crippen LogP contribution in [0.4, 0.5) is 0 Å². The summed E-state index contributed by atoms with van der Waals surface area (Å²) in [4.78, 5) is 0. The predicted octanol–water partition coefficient (Wildman–Crippen LogP) is 3.70. The first kappa shape index (κ1) is 12.7. The molecular weight excluding hydrogens is 202 g/mol. The number of aryl methyl sites for hydroxylation is 1. The summed E-state index contributed by atoms with van der Waals surface area (Å²) in [6, 6.07) is 2.85. The Bertz CT molecular complexity index is 241. The van der Waals surface area contributed by atoms with Crippen LogP contribution in [0, 0.1) is 5.92 Å². The number of hydrogen-bond acceptors (Lipinski definition) is 2. The van der Waals surface area contributed by atoms with E-state index in [-0.39, 0.29) is 0 Å². The molecule has 0 radical (unpaired) electrons. The van der Waals surface area contributed by atoms with Crippen LogP contribution in [0.15, 0.2) is 16.8 Å². The van der Waals surface area contributed by atoms with Crippen molar-refractivity contribution in [3.63, 3.8) is 0 Å². The molecule has 2 heteroatoms. The van der Waals surface area contributed by atoms with Crippen molar-refractivity contribution in [1.29, 1.82) is 0 Å². The average molecular weight is 225 g/mol. The van der Waals surface area contributed by atoms with Gasteiger partial charge in [0.1, 0.15) is 0 Å².